The van der Waals surface area contributed by atoms with Gasteiger partial charge >= 0.3 is 6.03 Å². The first-order valence-electron chi connectivity index (χ1n) is 11.3. The van der Waals surface area contributed by atoms with Crippen molar-refractivity contribution < 1.29 is 19.4 Å². The van der Waals surface area contributed by atoms with Crippen LogP contribution in [0.25, 0.3) is 0 Å². The number of aliphatic imine (C=N–C) groups is 2. The van der Waals surface area contributed by atoms with Gasteiger partial charge in [-0.2, -0.15) is 0 Å². The maximum atomic E-state index is 13.6. The van der Waals surface area contributed by atoms with Crippen LogP contribution in [0.4, 0.5) is 4.79 Å². The van der Waals surface area contributed by atoms with Gasteiger partial charge in [0.2, 0.25) is 0 Å². The Kier molecular flexibility index (Phi) is 6.78. The van der Waals surface area contributed by atoms with Crippen molar-refractivity contribution in [3.05, 3.63) is 87.2 Å². The molecular weight excluding hydrogens is 559 g/mol. The van der Waals surface area contributed by atoms with Gasteiger partial charge in [-0.3, -0.25) is 9.69 Å². The van der Waals surface area contributed by atoms with Crippen molar-refractivity contribution in [1.29, 1.82) is 0 Å². The van der Waals surface area contributed by atoms with Gasteiger partial charge < -0.3 is 15.2 Å². The lowest BCUT2D eigenvalue weighted by atomic mass is 10.0. The molecule has 9 heteroatoms. The number of urea groups is 1. The predicted octanol–water partition coefficient (Wildman–Crippen LogP) is 3.72. The summed E-state index contributed by atoms with van der Waals surface area (Å²) in [6.45, 7) is 0.0971. The zero-order chi connectivity index (χ0) is 24.4. The van der Waals surface area contributed by atoms with E-state index in [4.69, 9.17) is 19.8 Å². The number of aliphatic hydroxyl groups excluding tert-OH is 1. The topological polar surface area (TPSA) is 104 Å². The number of hydrogen-bond acceptors (Lipinski definition) is 6. The van der Waals surface area contributed by atoms with E-state index < -0.39 is 18.1 Å². The molecule has 0 aromatic heterocycles. The fourth-order valence-corrected chi connectivity index (χ4v) is 4.79. The highest BCUT2D eigenvalue weighted by Gasteiger charge is 2.45. The first-order chi connectivity index (χ1) is 17.0. The second-order valence-corrected chi connectivity index (χ2v) is 9.53. The summed E-state index contributed by atoms with van der Waals surface area (Å²) in [6.07, 6.45) is 5.12. The second-order valence-electron chi connectivity index (χ2n) is 8.29. The predicted molar refractivity (Wildman–Crippen MR) is 141 cm³/mol. The molecule has 2 heterocycles. The Morgan fingerprint density at radius 1 is 1.11 bits per heavy atom. The summed E-state index contributed by atoms with van der Waals surface area (Å²) in [5.41, 5.74) is 3.26. The molecule has 2 aromatic carbocycles. The smallest absolute Gasteiger partial charge is 0.325 e. The van der Waals surface area contributed by atoms with Gasteiger partial charge in [-0.05, 0) is 51.9 Å². The molecule has 2 N–H and O–H groups in total. The zero-order valence-corrected chi connectivity index (χ0v) is 20.9. The number of ether oxygens (including phenoxy) is 1. The van der Waals surface area contributed by atoms with Gasteiger partial charge in [-0.15, -0.1) is 0 Å². The van der Waals surface area contributed by atoms with Crippen LogP contribution in [0.3, 0.4) is 0 Å². The molecule has 3 aliphatic rings. The summed E-state index contributed by atoms with van der Waals surface area (Å²) >= 11 is 2.25. The number of aliphatic hydroxyl groups is 1. The number of halogens is 1. The summed E-state index contributed by atoms with van der Waals surface area (Å²) in [5, 5.41) is 11.7. The first kappa shape index (κ1) is 23.4. The largest absolute Gasteiger partial charge is 0.491 e. The van der Waals surface area contributed by atoms with Crippen LogP contribution in [0.1, 0.15) is 23.6 Å². The fourth-order valence-electron chi connectivity index (χ4n) is 4.28. The van der Waals surface area contributed by atoms with E-state index in [-0.39, 0.29) is 19.1 Å². The van der Waals surface area contributed by atoms with E-state index in [1.807, 2.05) is 36.4 Å². The molecule has 2 aromatic rings. The van der Waals surface area contributed by atoms with Gasteiger partial charge in [-0.1, -0.05) is 48.5 Å². The van der Waals surface area contributed by atoms with Gasteiger partial charge in [-0.25, -0.2) is 14.8 Å². The zero-order valence-electron chi connectivity index (χ0n) is 18.7. The molecule has 1 fully saturated rings. The van der Waals surface area contributed by atoms with Crippen LogP contribution in [0.15, 0.2) is 86.0 Å². The number of carbonyl (C=O) groups excluding carboxylic acids is 2. The van der Waals surface area contributed by atoms with Crippen molar-refractivity contribution in [2.24, 2.45) is 9.98 Å². The molecule has 0 saturated carbocycles. The third kappa shape index (κ3) is 4.92. The highest BCUT2D eigenvalue weighted by Crippen LogP contribution is 2.30. The molecule has 1 saturated heterocycles. The van der Waals surface area contributed by atoms with Gasteiger partial charge in [0, 0.05) is 16.4 Å². The SMILES string of the molecule is O=C1NC(c2ccc(OCCO)cc2)C(=O)N1[C@@H](Cc1ccccc1)C1=NC2=CC(I)=CCC2=N1. The van der Waals surface area contributed by atoms with E-state index in [9.17, 15) is 9.59 Å². The van der Waals surface area contributed by atoms with Crippen LogP contribution in [0, 0.1) is 0 Å². The van der Waals surface area contributed by atoms with Crippen LogP contribution < -0.4 is 10.1 Å². The Morgan fingerprint density at radius 2 is 1.89 bits per heavy atom. The summed E-state index contributed by atoms with van der Waals surface area (Å²) in [6, 6.07) is 14.7. The molecule has 178 valence electrons. The second kappa shape index (κ2) is 10.1. The fraction of sp³-hybridized carbons (Fsp3) is 0.231. The Labute approximate surface area is 216 Å². The number of nitrogens with zero attached hydrogens (tertiary/aromatic N) is 3. The third-order valence-electron chi connectivity index (χ3n) is 5.97. The van der Waals surface area contributed by atoms with Crippen LogP contribution in [0.5, 0.6) is 5.75 Å². The average molecular weight is 582 g/mol. The lowest BCUT2D eigenvalue weighted by molar-refractivity contribution is -0.128. The van der Waals surface area contributed by atoms with Gasteiger partial charge in [0.15, 0.2) is 5.84 Å². The molecule has 0 bridgehead atoms. The van der Waals surface area contributed by atoms with Crippen molar-refractivity contribution in [2.75, 3.05) is 13.2 Å². The van der Waals surface area contributed by atoms with Crippen LogP contribution >= 0.6 is 22.6 Å². The number of fused-ring (bicyclic) bond motifs is 1. The highest BCUT2D eigenvalue weighted by atomic mass is 127. The van der Waals surface area contributed by atoms with Crippen molar-refractivity contribution in [3.8, 4) is 5.75 Å². The Bertz CT molecular complexity index is 1270. The molecule has 8 nitrogen and oxygen atoms in total. The van der Waals surface area contributed by atoms with Crippen LogP contribution in [0.2, 0.25) is 0 Å². The molecular formula is C26H23IN4O4. The molecule has 5 rings (SSSR count). The van der Waals surface area contributed by atoms with Crippen molar-refractivity contribution in [1.82, 2.24) is 10.2 Å². The highest BCUT2D eigenvalue weighted by molar-refractivity contribution is 14.1. The minimum absolute atomic E-state index is 0.0864. The molecule has 2 aliphatic heterocycles. The molecule has 0 radical (unpaired) electrons. The van der Waals surface area contributed by atoms with Crippen molar-refractivity contribution in [2.45, 2.75) is 24.9 Å². The number of amides is 3. The van der Waals surface area contributed by atoms with Gasteiger partial charge in [0.1, 0.15) is 24.4 Å². The van der Waals surface area contributed by atoms with E-state index in [0.29, 0.717) is 30.0 Å². The summed E-state index contributed by atoms with van der Waals surface area (Å²) < 4.78 is 6.48. The standard InChI is InChI=1S/C26H23IN4O4/c27-18-8-11-20-21(15-18)29-24(28-20)22(14-16-4-2-1-3-5-16)31-25(33)23(30-26(31)34)17-6-9-19(10-7-17)35-13-12-32/h1-10,15,22-23,32H,11-14H2,(H,30,34)/t22-,23?/m0/s1. The van der Waals surface area contributed by atoms with E-state index in [0.717, 1.165) is 20.6 Å². The number of imide groups is 1. The van der Waals surface area contributed by atoms with Gasteiger partial charge in [0.05, 0.1) is 18.0 Å². The lowest BCUT2D eigenvalue weighted by Crippen LogP contribution is -2.46. The summed E-state index contributed by atoms with van der Waals surface area (Å²) in [4.78, 5) is 37.4. The number of benzene rings is 2. The minimum atomic E-state index is -0.813. The Balaban J connectivity index is 1.44. The lowest BCUT2D eigenvalue weighted by Gasteiger charge is -2.24. The number of hydrogen-bond donors (Lipinski definition) is 2. The number of nitrogens with one attached hydrogen (secondary N) is 1. The molecule has 3 amide bonds. The normalized spacial score (nSPS) is 19.9. The van der Waals surface area contributed by atoms with Crippen molar-refractivity contribution >= 4 is 46.1 Å². The van der Waals surface area contributed by atoms with E-state index >= 15 is 0 Å². The first-order valence-corrected chi connectivity index (χ1v) is 12.4. The molecule has 35 heavy (non-hydrogen) atoms. The quantitative estimate of drug-likeness (QED) is 0.366. The monoisotopic (exact) mass is 582 g/mol. The molecule has 0 spiro atoms. The maximum absolute atomic E-state index is 13.6. The van der Waals surface area contributed by atoms with Crippen LogP contribution in [-0.2, 0) is 11.2 Å². The maximum Gasteiger partial charge on any atom is 0.325 e. The van der Waals surface area contributed by atoms with Crippen LogP contribution in [-0.4, -0.2) is 52.7 Å². The third-order valence-corrected chi connectivity index (χ3v) is 6.72. The average Bonchev–Trinajstić information content (AvgIpc) is 3.42. The van der Waals surface area contributed by atoms with E-state index in [2.05, 4.69) is 34.0 Å². The van der Waals surface area contributed by atoms with Crippen molar-refractivity contribution in [3.63, 3.8) is 0 Å². The molecule has 1 unspecified atom stereocenters. The Hall–Kier alpha value is -3.31. The number of allylic oxidation sites excluding steroid dienone is 4. The van der Waals surface area contributed by atoms with E-state index in [1.54, 1.807) is 24.3 Å². The summed E-state index contributed by atoms with van der Waals surface area (Å²) in [5.74, 6) is 0.694. The Morgan fingerprint density at radius 3 is 2.63 bits per heavy atom. The van der Waals surface area contributed by atoms with Gasteiger partial charge in [0.25, 0.3) is 5.91 Å². The number of rotatable bonds is 8. The summed E-state index contributed by atoms with van der Waals surface area (Å²) in [7, 11) is 0. The minimum Gasteiger partial charge on any atom is -0.491 e. The number of amidine groups is 1. The van der Waals surface area contributed by atoms with E-state index in [1.165, 1.54) is 4.90 Å². The number of carbonyl (C=O) groups is 2. The molecule has 2 atom stereocenters. The molecule has 1 aliphatic carbocycles.